The number of likely N-dealkylation sites (tertiary alicyclic amines) is 1. The van der Waals surface area contributed by atoms with Gasteiger partial charge in [-0.1, -0.05) is 24.3 Å². The Hall–Kier alpha value is -1.85. The number of pyridine rings is 1. The Labute approximate surface area is 165 Å². The zero-order valence-electron chi connectivity index (χ0n) is 14.4. The van der Waals surface area contributed by atoms with Crippen molar-refractivity contribution in [3.63, 3.8) is 0 Å². The highest BCUT2D eigenvalue weighted by Crippen LogP contribution is 2.24. The standard InChI is InChI=1S/C20H21N3O.2ClH/c21-18-7-9-23(13-18)12-14-2-1-3-15(10-14)16-4-5-19-17(11-16)6-8-22-20(19)24;;/h1-6,8,10-11,18H,7,9,12-13,21H2,(H,22,24);2*1H/t18-;;/m0../s1. The van der Waals surface area contributed by atoms with Crippen LogP contribution in [0.5, 0.6) is 0 Å². The number of nitrogens with zero attached hydrogens (tertiary/aromatic N) is 1. The van der Waals surface area contributed by atoms with Crippen LogP contribution in [0.1, 0.15) is 12.0 Å². The highest BCUT2D eigenvalue weighted by molar-refractivity contribution is 5.86. The van der Waals surface area contributed by atoms with E-state index in [1.54, 1.807) is 6.20 Å². The first kappa shape index (κ1) is 20.5. The second-order valence-corrected chi connectivity index (χ2v) is 6.59. The Balaban J connectivity index is 0.00000121. The summed E-state index contributed by atoms with van der Waals surface area (Å²) in [6.45, 7) is 2.99. The van der Waals surface area contributed by atoms with Gasteiger partial charge in [0.2, 0.25) is 0 Å². The van der Waals surface area contributed by atoms with Gasteiger partial charge in [-0.25, -0.2) is 0 Å². The molecule has 1 saturated heterocycles. The molecule has 1 aliphatic rings. The van der Waals surface area contributed by atoms with E-state index >= 15 is 0 Å². The number of halogens is 2. The molecule has 0 spiro atoms. The molecule has 0 bridgehead atoms. The third-order valence-corrected chi connectivity index (χ3v) is 4.75. The first-order valence-corrected chi connectivity index (χ1v) is 8.38. The molecule has 3 N–H and O–H groups in total. The minimum atomic E-state index is -0.0434. The van der Waals surface area contributed by atoms with Crippen molar-refractivity contribution < 1.29 is 0 Å². The number of aromatic nitrogens is 1. The van der Waals surface area contributed by atoms with Gasteiger partial charge in [-0.05, 0) is 52.8 Å². The fraction of sp³-hybridized carbons (Fsp3) is 0.250. The SMILES string of the molecule is Cl.Cl.N[C@H]1CCN(Cc2cccc(-c3ccc4c(=O)[nH]ccc4c3)c2)C1. The number of aromatic amines is 1. The van der Waals surface area contributed by atoms with Crippen molar-refractivity contribution in [2.45, 2.75) is 19.0 Å². The lowest BCUT2D eigenvalue weighted by molar-refractivity contribution is 0.327. The Bertz CT molecular complexity index is 941. The highest BCUT2D eigenvalue weighted by atomic mass is 35.5. The third kappa shape index (κ3) is 4.27. The Morgan fingerprint density at radius 2 is 1.88 bits per heavy atom. The topological polar surface area (TPSA) is 62.1 Å². The molecule has 0 saturated carbocycles. The van der Waals surface area contributed by atoms with Crippen molar-refractivity contribution in [3.8, 4) is 11.1 Å². The van der Waals surface area contributed by atoms with Crippen molar-refractivity contribution in [1.82, 2.24) is 9.88 Å². The van der Waals surface area contributed by atoms with E-state index in [0.717, 1.165) is 42.4 Å². The lowest BCUT2D eigenvalue weighted by atomic mass is 10.0. The van der Waals surface area contributed by atoms with E-state index in [0.29, 0.717) is 6.04 Å². The molecule has 0 aliphatic carbocycles. The van der Waals surface area contributed by atoms with Gasteiger partial charge in [0.15, 0.2) is 0 Å². The van der Waals surface area contributed by atoms with Gasteiger partial charge in [0.25, 0.3) is 5.56 Å². The predicted molar refractivity (Wildman–Crippen MR) is 112 cm³/mol. The number of hydrogen-bond acceptors (Lipinski definition) is 3. The largest absolute Gasteiger partial charge is 0.329 e. The van der Waals surface area contributed by atoms with Gasteiger partial charge < -0.3 is 10.7 Å². The summed E-state index contributed by atoms with van der Waals surface area (Å²) in [6, 6.07) is 16.9. The van der Waals surface area contributed by atoms with Crippen LogP contribution in [-0.4, -0.2) is 29.0 Å². The van der Waals surface area contributed by atoms with Crippen molar-refractivity contribution in [3.05, 3.63) is 70.6 Å². The van der Waals surface area contributed by atoms with Crippen LogP contribution in [0, 0.1) is 0 Å². The molecule has 1 atom stereocenters. The van der Waals surface area contributed by atoms with Crippen LogP contribution in [0.3, 0.4) is 0 Å². The fourth-order valence-corrected chi connectivity index (χ4v) is 3.49. The summed E-state index contributed by atoms with van der Waals surface area (Å²) in [5, 5.41) is 1.69. The molecule has 0 amide bonds. The van der Waals surface area contributed by atoms with Gasteiger partial charge in [-0.3, -0.25) is 9.69 Å². The Morgan fingerprint density at radius 1 is 1.08 bits per heavy atom. The van der Waals surface area contributed by atoms with Gasteiger partial charge in [0.05, 0.1) is 0 Å². The highest BCUT2D eigenvalue weighted by Gasteiger charge is 2.18. The molecule has 0 radical (unpaired) electrons. The number of fused-ring (bicyclic) bond motifs is 1. The zero-order chi connectivity index (χ0) is 16.5. The minimum Gasteiger partial charge on any atom is -0.329 e. The number of nitrogens with two attached hydrogens (primary N) is 1. The summed E-state index contributed by atoms with van der Waals surface area (Å²) >= 11 is 0. The van der Waals surface area contributed by atoms with Crippen molar-refractivity contribution in [2.75, 3.05) is 13.1 Å². The summed E-state index contributed by atoms with van der Waals surface area (Å²) in [4.78, 5) is 17.0. The Morgan fingerprint density at radius 3 is 2.65 bits per heavy atom. The van der Waals surface area contributed by atoms with E-state index in [2.05, 4.69) is 40.2 Å². The predicted octanol–water partition coefficient (Wildman–Crippen LogP) is 3.57. The number of hydrogen-bond donors (Lipinski definition) is 2. The molecular formula is C20H23Cl2N3O. The van der Waals surface area contributed by atoms with E-state index in [1.165, 1.54) is 11.1 Å². The molecule has 3 aromatic rings. The van der Waals surface area contributed by atoms with E-state index in [1.807, 2.05) is 18.2 Å². The smallest absolute Gasteiger partial charge is 0.255 e. The average molecular weight is 392 g/mol. The van der Waals surface area contributed by atoms with E-state index in [9.17, 15) is 4.79 Å². The van der Waals surface area contributed by atoms with Crippen molar-refractivity contribution in [2.24, 2.45) is 5.73 Å². The first-order valence-electron chi connectivity index (χ1n) is 8.38. The average Bonchev–Trinajstić information content (AvgIpc) is 3.00. The lowest BCUT2D eigenvalue weighted by Gasteiger charge is -2.16. The van der Waals surface area contributed by atoms with Crippen LogP contribution in [0.4, 0.5) is 0 Å². The molecular weight excluding hydrogens is 369 g/mol. The molecule has 6 heteroatoms. The maximum absolute atomic E-state index is 11.8. The number of rotatable bonds is 3. The van der Waals surface area contributed by atoms with Crippen LogP contribution < -0.4 is 11.3 Å². The fourth-order valence-electron chi connectivity index (χ4n) is 3.49. The van der Waals surface area contributed by atoms with Crippen LogP contribution in [0.15, 0.2) is 59.5 Å². The molecule has 2 aromatic carbocycles. The summed E-state index contributed by atoms with van der Waals surface area (Å²) in [5.74, 6) is 0. The monoisotopic (exact) mass is 391 g/mol. The van der Waals surface area contributed by atoms with Crippen molar-refractivity contribution in [1.29, 1.82) is 0 Å². The zero-order valence-corrected chi connectivity index (χ0v) is 16.0. The number of H-pyrrole nitrogens is 1. The molecule has 138 valence electrons. The summed E-state index contributed by atoms with van der Waals surface area (Å²) < 4.78 is 0. The van der Waals surface area contributed by atoms with Gasteiger partial charge in [0, 0.05) is 37.3 Å². The normalized spacial score (nSPS) is 16.9. The third-order valence-electron chi connectivity index (χ3n) is 4.75. The second kappa shape index (κ2) is 8.69. The molecule has 2 heterocycles. The molecule has 1 fully saturated rings. The molecule has 0 unspecified atom stereocenters. The van der Waals surface area contributed by atoms with Gasteiger partial charge in [-0.15, -0.1) is 24.8 Å². The van der Waals surface area contributed by atoms with Crippen molar-refractivity contribution >= 4 is 35.6 Å². The number of benzene rings is 2. The second-order valence-electron chi connectivity index (χ2n) is 6.59. The molecule has 4 nitrogen and oxygen atoms in total. The van der Waals surface area contributed by atoms with E-state index < -0.39 is 0 Å². The van der Waals surface area contributed by atoms with Crippen LogP contribution in [0.2, 0.25) is 0 Å². The summed E-state index contributed by atoms with van der Waals surface area (Å²) in [7, 11) is 0. The minimum absolute atomic E-state index is 0. The van der Waals surface area contributed by atoms with Gasteiger partial charge in [-0.2, -0.15) is 0 Å². The molecule has 1 aromatic heterocycles. The lowest BCUT2D eigenvalue weighted by Crippen LogP contribution is -2.26. The van der Waals surface area contributed by atoms with Crippen LogP contribution in [0.25, 0.3) is 21.9 Å². The van der Waals surface area contributed by atoms with Gasteiger partial charge >= 0.3 is 0 Å². The maximum atomic E-state index is 11.8. The van der Waals surface area contributed by atoms with Crippen LogP contribution in [-0.2, 0) is 6.54 Å². The quantitative estimate of drug-likeness (QED) is 0.717. The molecule has 4 rings (SSSR count). The molecule has 26 heavy (non-hydrogen) atoms. The molecule has 1 aliphatic heterocycles. The van der Waals surface area contributed by atoms with E-state index in [-0.39, 0.29) is 30.4 Å². The van der Waals surface area contributed by atoms with E-state index in [4.69, 9.17) is 5.73 Å². The summed E-state index contributed by atoms with van der Waals surface area (Å²) in [6.07, 6.45) is 2.78. The Kier molecular flexibility index (Phi) is 6.84. The maximum Gasteiger partial charge on any atom is 0.255 e. The summed E-state index contributed by atoms with van der Waals surface area (Å²) in [5.41, 5.74) is 9.56. The van der Waals surface area contributed by atoms with Gasteiger partial charge in [0.1, 0.15) is 0 Å². The first-order chi connectivity index (χ1) is 11.7. The van der Waals surface area contributed by atoms with Crippen LogP contribution >= 0.6 is 24.8 Å². The number of nitrogens with one attached hydrogen (secondary N) is 1.